The van der Waals surface area contributed by atoms with Gasteiger partial charge in [0.15, 0.2) is 0 Å². The smallest absolute Gasteiger partial charge is 0.0377 e. The van der Waals surface area contributed by atoms with Crippen molar-refractivity contribution >= 4 is 21.6 Å². The number of nitrogens with zero attached hydrogens (tertiary/aromatic N) is 1. The third kappa shape index (κ3) is 2.94. The lowest BCUT2D eigenvalue weighted by atomic mass is 9.85. The number of nitrogens with two attached hydrogens (primary N) is 1. The molecule has 2 nitrogen and oxygen atoms in total. The molecule has 1 aliphatic carbocycles. The van der Waals surface area contributed by atoms with Gasteiger partial charge in [0, 0.05) is 22.9 Å². The number of nitrogen functional groups attached to an aromatic ring is 1. The predicted octanol–water partition coefficient (Wildman–Crippen LogP) is 3.16. The van der Waals surface area contributed by atoms with E-state index in [9.17, 15) is 0 Å². The first-order valence-corrected chi connectivity index (χ1v) is 6.49. The van der Waals surface area contributed by atoms with Gasteiger partial charge in [0.2, 0.25) is 0 Å². The van der Waals surface area contributed by atoms with E-state index in [1.807, 2.05) is 12.3 Å². The molecule has 1 aliphatic rings. The summed E-state index contributed by atoms with van der Waals surface area (Å²) in [6.45, 7) is 0. The second-order valence-electron chi connectivity index (χ2n) is 4.41. The van der Waals surface area contributed by atoms with Gasteiger partial charge >= 0.3 is 0 Å². The number of aromatic nitrogens is 1. The predicted molar refractivity (Wildman–Crippen MR) is 67.0 cm³/mol. The molecule has 2 unspecified atom stereocenters. The molecule has 0 amide bonds. The minimum atomic E-state index is 0.703. The maximum atomic E-state index is 5.92. The summed E-state index contributed by atoms with van der Waals surface area (Å²) >= 11 is 3.71. The highest BCUT2D eigenvalue weighted by Gasteiger charge is 2.20. The van der Waals surface area contributed by atoms with E-state index in [-0.39, 0.29) is 0 Å². The van der Waals surface area contributed by atoms with Gasteiger partial charge in [-0.05, 0) is 36.8 Å². The zero-order valence-electron chi connectivity index (χ0n) is 8.82. The largest absolute Gasteiger partial charge is 0.398 e. The minimum absolute atomic E-state index is 0.703. The molecule has 1 saturated carbocycles. The Morgan fingerprint density at radius 1 is 1.47 bits per heavy atom. The third-order valence-corrected chi connectivity index (χ3v) is 4.00. The summed E-state index contributed by atoms with van der Waals surface area (Å²) in [4.78, 5) is 4.84. The molecular formula is C12H17BrN2. The summed E-state index contributed by atoms with van der Waals surface area (Å²) in [5.41, 5.74) is 8.02. The van der Waals surface area contributed by atoms with E-state index in [1.165, 1.54) is 31.2 Å². The normalized spacial score (nSPS) is 26.5. The topological polar surface area (TPSA) is 38.9 Å². The van der Waals surface area contributed by atoms with Crippen LogP contribution >= 0.6 is 15.9 Å². The van der Waals surface area contributed by atoms with Crippen molar-refractivity contribution in [1.29, 1.82) is 0 Å². The maximum Gasteiger partial charge on any atom is 0.0377 e. The van der Waals surface area contributed by atoms with Gasteiger partial charge in [-0.3, -0.25) is 4.98 Å². The van der Waals surface area contributed by atoms with Crippen LogP contribution in [0.4, 0.5) is 5.69 Å². The fourth-order valence-electron chi connectivity index (χ4n) is 2.33. The summed E-state index contributed by atoms with van der Waals surface area (Å²) in [6, 6.07) is 1.89. The van der Waals surface area contributed by atoms with Crippen molar-refractivity contribution in [3.05, 3.63) is 24.0 Å². The van der Waals surface area contributed by atoms with Gasteiger partial charge < -0.3 is 5.73 Å². The molecule has 0 bridgehead atoms. The highest BCUT2D eigenvalue weighted by atomic mass is 79.9. The van der Waals surface area contributed by atoms with E-state index >= 15 is 0 Å². The number of rotatable bonds is 2. The second-order valence-corrected chi connectivity index (χ2v) is 5.70. The standard InChI is InChI=1S/C12H17BrN2/c13-11-3-1-2-9(7-11)6-10-8-15-5-4-12(10)14/h4-5,8-9,11H,1-3,6-7H2,(H2,14,15). The van der Waals surface area contributed by atoms with E-state index in [1.54, 1.807) is 6.20 Å². The summed E-state index contributed by atoms with van der Waals surface area (Å²) in [6.07, 6.45) is 10.0. The van der Waals surface area contributed by atoms with Crippen LogP contribution in [0, 0.1) is 5.92 Å². The molecule has 1 fully saturated rings. The SMILES string of the molecule is Nc1ccncc1CC1CCCC(Br)C1. The van der Waals surface area contributed by atoms with Gasteiger partial charge in [0.05, 0.1) is 0 Å². The molecule has 3 heteroatoms. The van der Waals surface area contributed by atoms with E-state index < -0.39 is 0 Å². The van der Waals surface area contributed by atoms with Crippen LogP contribution in [0.25, 0.3) is 0 Å². The lowest BCUT2D eigenvalue weighted by Gasteiger charge is -2.25. The molecule has 2 rings (SSSR count). The Hall–Kier alpha value is -0.570. The third-order valence-electron chi connectivity index (χ3n) is 3.17. The molecular weight excluding hydrogens is 252 g/mol. The fourth-order valence-corrected chi connectivity index (χ4v) is 3.18. The maximum absolute atomic E-state index is 5.92. The Morgan fingerprint density at radius 2 is 2.33 bits per heavy atom. The van der Waals surface area contributed by atoms with Crippen molar-refractivity contribution in [2.24, 2.45) is 5.92 Å². The van der Waals surface area contributed by atoms with Crippen molar-refractivity contribution in [2.75, 3.05) is 5.73 Å². The van der Waals surface area contributed by atoms with Crippen LogP contribution in [0.1, 0.15) is 31.2 Å². The number of hydrogen-bond acceptors (Lipinski definition) is 2. The van der Waals surface area contributed by atoms with Crippen molar-refractivity contribution in [1.82, 2.24) is 4.98 Å². The molecule has 0 radical (unpaired) electrons. The fraction of sp³-hybridized carbons (Fsp3) is 0.583. The quantitative estimate of drug-likeness (QED) is 0.837. The number of pyridine rings is 1. The van der Waals surface area contributed by atoms with E-state index in [4.69, 9.17) is 5.73 Å². The van der Waals surface area contributed by atoms with E-state index in [2.05, 4.69) is 20.9 Å². The van der Waals surface area contributed by atoms with Gasteiger partial charge in [-0.2, -0.15) is 0 Å². The summed E-state index contributed by atoms with van der Waals surface area (Å²) in [5.74, 6) is 0.773. The molecule has 2 N–H and O–H groups in total. The lowest BCUT2D eigenvalue weighted by Crippen LogP contribution is -2.17. The number of anilines is 1. The van der Waals surface area contributed by atoms with Crippen molar-refractivity contribution < 1.29 is 0 Å². The summed E-state index contributed by atoms with van der Waals surface area (Å²) < 4.78 is 0. The average Bonchev–Trinajstić information content (AvgIpc) is 2.22. The second kappa shape index (κ2) is 4.97. The van der Waals surface area contributed by atoms with Crippen LogP contribution in [0.2, 0.25) is 0 Å². The molecule has 0 aliphatic heterocycles. The van der Waals surface area contributed by atoms with Gasteiger partial charge in [0.1, 0.15) is 0 Å². The molecule has 0 aromatic carbocycles. The van der Waals surface area contributed by atoms with Crippen LogP contribution < -0.4 is 5.73 Å². The van der Waals surface area contributed by atoms with Gasteiger partial charge in [0.25, 0.3) is 0 Å². The van der Waals surface area contributed by atoms with E-state index in [0.717, 1.165) is 18.0 Å². The van der Waals surface area contributed by atoms with Crippen molar-refractivity contribution in [3.63, 3.8) is 0 Å². The van der Waals surface area contributed by atoms with Crippen LogP contribution in [-0.2, 0) is 6.42 Å². The average molecular weight is 269 g/mol. The highest BCUT2D eigenvalue weighted by molar-refractivity contribution is 9.09. The monoisotopic (exact) mass is 268 g/mol. The molecule has 1 aromatic heterocycles. The van der Waals surface area contributed by atoms with Crippen molar-refractivity contribution in [2.45, 2.75) is 36.9 Å². The first-order chi connectivity index (χ1) is 7.25. The molecule has 0 saturated heterocycles. The van der Waals surface area contributed by atoms with Crippen molar-refractivity contribution in [3.8, 4) is 0 Å². The summed E-state index contributed by atoms with van der Waals surface area (Å²) in [5, 5.41) is 0. The molecule has 1 heterocycles. The Labute approximate surface area is 99.4 Å². The Morgan fingerprint density at radius 3 is 3.07 bits per heavy atom. The number of alkyl halides is 1. The Kier molecular flexibility index (Phi) is 3.62. The first kappa shape index (κ1) is 10.9. The molecule has 1 aromatic rings. The van der Waals surface area contributed by atoms with Crippen LogP contribution in [-0.4, -0.2) is 9.81 Å². The molecule has 2 atom stereocenters. The minimum Gasteiger partial charge on any atom is -0.398 e. The Bertz CT molecular complexity index is 327. The van der Waals surface area contributed by atoms with Gasteiger partial charge in [-0.15, -0.1) is 0 Å². The van der Waals surface area contributed by atoms with Crippen LogP contribution in [0.3, 0.4) is 0 Å². The first-order valence-electron chi connectivity index (χ1n) is 5.58. The molecule has 82 valence electrons. The lowest BCUT2D eigenvalue weighted by molar-refractivity contribution is 0.368. The van der Waals surface area contributed by atoms with Gasteiger partial charge in [-0.1, -0.05) is 28.8 Å². The molecule has 15 heavy (non-hydrogen) atoms. The number of hydrogen-bond donors (Lipinski definition) is 1. The van der Waals surface area contributed by atoms with Crippen LogP contribution in [0.15, 0.2) is 18.5 Å². The highest BCUT2D eigenvalue weighted by Crippen LogP contribution is 2.31. The zero-order chi connectivity index (χ0) is 10.7. The number of halogens is 1. The van der Waals surface area contributed by atoms with Gasteiger partial charge in [-0.25, -0.2) is 0 Å². The zero-order valence-corrected chi connectivity index (χ0v) is 10.4. The Balaban J connectivity index is 1.99. The molecule has 0 spiro atoms. The summed E-state index contributed by atoms with van der Waals surface area (Å²) in [7, 11) is 0. The van der Waals surface area contributed by atoms with Crippen LogP contribution in [0.5, 0.6) is 0 Å². The van der Waals surface area contributed by atoms with E-state index in [0.29, 0.717) is 4.83 Å².